The third-order valence-electron chi connectivity index (χ3n) is 4.09. The third-order valence-corrected chi connectivity index (χ3v) is 4.33. The molecule has 0 spiro atoms. The molecular formula is C17H8ClN3O6. The number of hydrogen-bond donors (Lipinski definition) is 0. The fourth-order valence-corrected chi connectivity index (χ4v) is 3.00. The average molecular weight is 386 g/mol. The van der Waals surface area contributed by atoms with Gasteiger partial charge < -0.3 is 4.42 Å². The lowest BCUT2D eigenvalue weighted by Gasteiger charge is -2.12. The highest BCUT2D eigenvalue weighted by molar-refractivity contribution is 6.31. The smallest absolute Gasteiger partial charge is 0.346 e. The summed E-state index contributed by atoms with van der Waals surface area (Å²) in [7, 11) is 0. The molecule has 0 unspecified atom stereocenters. The van der Waals surface area contributed by atoms with Crippen molar-refractivity contribution in [1.29, 1.82) is 0 Å². The maximum Gasteiger partial charge on any atom is 0.346 e. The number of rotatable bonds is 3. The molecule has 0 aliphatic carbocycles. The van der Waals surface area contributed by atoms with Gasteiger partial charge in [-0.05, 0) is 24.3 Å². The number of halogens is 1. The van der Waals surface area contributed by atoms with E-state index in [-0.39, 0.29) is 34.6 Å². The summed E-state index contributed by atoms with van der Waals surface area (Å²) in [4.78, 5) is 52.2. The zero-order chi connectivity index (χ0) is 19.3. The quantitative estimate of drug-likeness (QED) is 0.385. The van der Waals surface area contributed by atoms with E-state index in [2.05, 4.69) is 4.98 Å². The Labute approximate surface area is 154 Å². The van der Waals surface area contributed by atoms with Crippen LogP contribution >= 0.6 is 11.6 Å². The lowest BCUT2D eigenvalue weighted by Crippen LogP contribution is -2.30. The first-order valence-corrected chi connectivity index (χ1v) is 7.97. The maximum atomic E-state index is 12.5. The van der Waals surface area contributed by atoms with Crippen molar-refractivity contribution >= 4 is 40.0 Å². The number of hydrogen-bond acceptors (Lipinski definition) is 7. The van der Waals surface area contributed by atoms with E-state index < -0.39 is 22.4 Å². The number of non-ortho nitro benzene ring substituents is 1. The molecule has 1 aliphatic rings. The number of nitrogens with zero attached hydrogens (tertiary/aromatic N) is 3. The van der Waals surface area contributed by atoms with Gasteiger partial charge in [0.05, 0.1) is 27.0 Å². The second kappa shape index (κ2) is 5.99. The number of fused-ring (bicyclic) bond motifs is 2. The summed E-state index contributed by atoms with van der Waals surface area (Å²) in [6.07, 6.45) is 0. The van der Waals surface area contributed by atoms with Crippen LogP contribution in [0.2, 0.25) is 5.02 Å². The SMILES string of the molecule is O=C1c2ccc([N+](=O)[O-])cc2C(=O)N1Cc1nc2ccc(Cl)cc2c(=O)o1. The number of carbonyl (C=O) groups excluding carboxylic acids is 2. The molecule has 0 saturated carbocycles. The molecule has 0 atom stereocenters. The first kappa shape index (κ1) is 16.9. The Morgan fingerprint density at radius 2 is 1.81 bits per heavy atom. The van der Waals surface area contributed by atoms with Crippen LogP contribution in [-0.4, -0.2) is 26.6 Å². The first-order chi connectivity index (χ1) is 12.8. The van der Waals surface area contributed by atoms with Crippen LogP contribution in [-0.2, 0) is 6.54 Å². The van der Waals surface area contributed by atoms with E-state index in [1.807, 2.05) is 0 Å². The predicted molar refractivity (Wildman–Crippen MR) is 92.6 cm³/mol. The molecule has 134 valence electrons. The van der Waals surface area contributed by atoms with E-state index >= 15 is 0 Å². The summed E-state index contributed by atoms with van der Waals surface area (Å²) < 4.78 is 5.09. The van der Waals surface area contributed by atoms with Gasteiger partial charge in [-0.1, -0.05) is 11.6 Å². The highest BCUT2D eigenvalue weighted by atomic mass is 35.5. The predicted octanol–water partition coefficient (Wildman–Crippen LogP) is 2.55. The van der Waals surface area contributed by atoms with Gasteiger partial charge in [0, 0.05) is 17.2 Å². The van der Waals surface area contributed by atoms with E-state index in [1.165, 1.54) is 18.2 Å². The van der Waals surface area contributed by atoms with Crippen LogP contribution in [0.5, 0.6) is 0 Å². The second-order valence-electron chi connectivity index (χ2n) is 5.74. The minimum absolute atomic E-state index is 0.0421. The van der Waals surface area contributed by atoms with Crippen molar-refractivity contribution in [2.75, 3.05) is 0 Å². The third kappa shape index (κ3) is 2.74. The lowest BCUT2D eigenvalue weighted by atomic mass is 10.1. The van der Waals surface area contributed by atoms with Crippen molar-refractivity contribution in [3.8, 4) is 0 Å². The number of nitro benzene ring substituents is 1. The molecule has 27 heavy (non-hydrogen) atoms. The molecule has 2 aromatic carbocycles. The summed E-state index contributed by atoms with van der Waals surface area (Å²) in [6.45, 7) is -0.381. The normalized spacial score (nSPS) is 13.3. The number of imide groups is 1. The zero-order valence-electron chi connectivity index (χ0n) is 13.3. The van der Waals surface area contributed by atoms with E-state index in [1.54, 1.807) is 6.07 Å². The summed E-state index contributed by atoms with van der Waals surface area (Å²) in [5.74, 6) is -1.51. The monoisotopic (exact) mass is 385 g/mol. The number of carbonyl (C=O) groups is 2. The molecule has 1 aliphatic heterocycles. The van der Waals surface area contributed by atoms with Crippen molar-refractivity contribution in [1.82, 2.24) is 9.88 Å². The highest BCUT2D eigenvalue weighted by Gasteiger charge is 2.37. The average Bonchev–Trinajstić information content (AvgIpc) is 2.87. The van der Waals surface area contributed by atoms with Crippen LogP contribution in [0.25, 0.3) is 10.9 Å². The van der Waals surface area contributed by atoms with Gasteiger partial charge in [-0.15, -0.1) is 0 Å². The molecule has 0 radical (unpaired) electrons. The fraction of sp³-hybridized carbons (Fsp3) is 0.0588. The molecule has 0 saturated heterocycles. The molecule has 2 amide bonds. The number of benzene rings is 2. The highest BCUT2D eigenvalue weighted by Crippen LogP contribution is 2.28. The van der Waals surface area contributed by atoms with E-state index in [0.29, 0.717) is 10.5 Å². The Morgan fingerprint density at radius 1 is 1.07 bits per heavy atom. The van der Waals surface area contributed by atoms with Gasteiger partial charge in [0.1, 0.15) is 6.54 Å². The standard InChI is InChI=1S/C17H8ClN3O6/c18-8-1-4-13-12(5-8)17(24)27-14(19-13)7-20-15(22)10-3-2-9(21(25)26)6-11(10)16(20)23/h1-6H,7H2. The lowest BCUT2D eigenvalue weighted by molar-refractivity contribution is -0.384. The Balaban J connectivity index is 1.71. The zero-order valence-corrected chi connectivity index (χ0v) is 14.1. The van der Waals surface area contributed by atoms with Gasteiger partial charge in [0.15, 0.2) is 0 Å². The van der Waals surface area contributed by atoms with E-state index in [9.17, 15) is 24.5 Å². The van der Waals surface area contributed by atoms with Gasteiger partial charge >= 0.3 is 5.63 Å². The van der Waals surface area contributed by atoms with Gasteiger partial charge in [0.2, 0.25) is 5.89 Å². The molecule has 9 nitrogen and oxygen atoms in total. The molecule has 0 N–H and O–H groups in total. The number of amides is 2. The van der Waals surface area contributed by atoms with Crippen molar-refractivity contribution < 1.29 is 18.9 Å². The minimum atomic E-state index is -0.723. The van der Waals surface area contributed by atoms with Crippen LogP contribution < -0.4 is 5.63 Å². The summed E-state index contributed by atoms with van der Waals surface area (Å²) in [5, 5.41) is 11.4. The molecule has 4 rings (SSSR count). The molecule has 2 heterocycles. The molecule has 0 bridgehead atoms. The number of aromatic nitrogens is 1. The summed E-state index contributed by atoms with van der Waals surface area (Å²) in [6, 6.07) is 7.87. The van der Waals surface area contributed by atoms with E-state index in [0.717, 1.165) is 17.0 Å². The van der Waals surface area contributed by atoms with Crippen LogP contribution in [0.3, 0.4) is 0 Å². The van der Waals surface area contributed by atoms with Gasteiger partial charge in [-0.3, -0.25) is 24.6 Å². The minimum Gasteiger partial charge on any atom is -0.406 e. The van der Waals surface area contributed by atoms with Crippen LogP contribution in [0.1, 0.15) is 26.6 Å². The molecular weight excluding hydrogens is 378 g/mol. The molecule has 10 heteroatoms. The van der Waals surface area contributed by atoms with Crippen molar-refractivity contribution in [2.45, 2.75) is 6.54 Å². The van der Waals surface area contributed by atoms with Crippen molar-refractivity contribution in [2.24, 2.45) is 0 Å². The summed E-state index contributed by atoms with van der Waals surface area (Å²) in [5.41, 5.74) is -0.740. The Morgan fingerprint density at radius 3 is 2.56 bits per heavy atom. The Kier molecular flexibility index (Phi) is 3.74. The Bertz CT molecular complexity index is 1220. The van der Waals surface area contributed by atoms with E-state index in [4.69, 9.17) is 16.0 Å². The van der Waals surface area contributed by atoms with Crippen LogP contribution in [0.4, 0.5) is 5.69 Å². The number of nitro groups is 1. The fourth-order valence-electron chi connectivity index (χ4n) is 2.83. The molecule has 1 aromatic heterocycles. The maximum absolute atomic E-state index is 12.5. The second-order valence-corrected chi connectivity index (χ2v) is 6.18. The summed E-state index contributed by atoms with van der Waals surface area (Å²) >= 11 is 5.84. The van der Waals surface area contributed by atoms with Crippen molar-refractivity contribution in [3.63, 3.8) is 0 Å². The molecule has 3 aromatic rings. The van der Waals surface area contributed by atoms with Crippen molar-refractivity contribution in [3.05, 3.63) is 79.0 Å². The molecule has 0 fully saturated rings. The topological polar surface area (TPSA) is 124 Å². The largest absolute Gasteiger partial charge is 0.406 e. The van der Waals surface area contributed by atoms with Crippen LogP contribution in [0.15, 0.2) is 45.6 Å². The van der Waals surface area contributed by atoms with Gasteiger partial charge in [-0.25, -0.2) is 9.78 Å². The Hall–Kier alpha value is -3.59. The first-order valence-electron chi connectivity index (χ1n) is 7.59. The van der Waals surface area contributed by atoms with Crippen LogP contribution in [0, 0.1) is 10.1 Å². The van der Waals surface area contributed by atoms with Gasteiger partial charge in [0.25, 0.3) is 17.5 Å². The van der Waals surface area contributed by atoms with Gasteiger partial charge in [-0.2, -0.15) is 0 Å².